The highest BCUT2D eigenvalue weighted by atomic mass is 15.1. The summed E-state index contributed by atoms with van der Waals surface area (Å²) in [6.45, 7) is 3.76. The first kappa shape index (κ1) is 10.4. The topological polar surface area (TPSA) is 29.0 Å². The molecule has 0 aromatic carbocycles. The lowest BCUT2D eigenvalue weighted by molar-refractivity contribution is 0.0855. The SMILES string of the molecule is c1cnc2nc(C3CN4CCC3CC4)ccc2c1. The van der Waals surface area contributed by atoms with Crippen LogP contribution < -0.4 is 0 Å². The molecule has 3 nitrogen and oxygen atoms in total. The Hall–Kier alpha value is -1.48. The molecule has 3 aliphatic heterocycles. The van der Waals surface area contributed by atoms with Crippen LogP contribution >= 0.6 is 0 Å². The van der Waals surface area contributed by atoms with Crippen molar-refractivity contribution in [1.82, 2.24) is 14.9 Å². The second kappa shape index (κ2) is 4.02. The molecule has 0 amide bonds. The molecule has 2 aromatic heterocycles. The minimum atomic E-state index is 0.624. The predicted molar refractivity (Wildman–Crippen MR) is 71.4 cm³/mol. The third-order valence-electron chi connectivity index (χ3n) is 4.52. The van der Waals surface area contributed by atoms with Gasteiger partial charge >= 0.3 is 0 Å². The lowest BCUT2D eigenvalue weighted by Gasteiger charge is -2.44. The van der Waals surface area contributed by atoms with Crippen LogP contribution in [-0.2, 0) is 0 Å². The molecule has 2 aromatic rings. The summed E-state index contributed by atoms with van der Waals surface area (Å²) >= 11 is 0. The van der Waals surface area contributed by atoms with E-state index >= 15 is 0 Å². The van der Waals surface area contributed by atoms with Crippen molar-refractivity contribution in [3.05, 3.63) is 36.2 Å². The quantitative estimate of drug-likeness (QED) is 0.765. The molecule has 3 fully saturated rings. The van der Waals surface area contributed by atoms with Crippen LogP contribution in [0.15, 0.2) is 30.5 Å². The van der Waals surface area contributed by atoms with Gasteiger partial charge in [0.05, 0.1) is 0 Å². The van der Waals surface area contributed by atoms with Gasteiger partial charge < -0.3 is 4.90 Å². The summed E-state index contributed by atoms with van der Waals surface area (Å²) in [4.78, 5) is 11.7. The highest BCUT2D eigenvalue weighted by molar-refractivity contribution is 5.74. The smallest absolute Gasteiger partial charge is 0.159 e. The summed E-state index contributed by atoms with van der Waals surface area (Å²) in [7, 11) is 0. The van der Waals surface area contributed by atoms with E-state index in [9.17, 15) is 0 Å². The number of hydrogen-bond donors (Lipinski definition) is 0. The summed E-state index contributed by atoms with van der Waals surface area (Å²) in [5.41, 5.74) is 2.14. The molecule has 92 valence electrons. The van der Waals surface area contributed by atoms with E-state index in [0.717, 1.165) is 17.0 Å². The van der Waals surface area contributed by atoms with Gasteiger partial charge in [-0.3, -0.25) is 0 Å². The molecule has 5 rings (SSSR count). The minimum Gasteiger partial charge on any atom is -0.303 e. The van der Waals surface area contributed by atoms with Gasteiger partial charge in [-0.15, -0.1) is 0 Å². The van der Waals surface area contributed by atoms with Crippen LogP contribution in [0.5, 0.6) is 0 Å². The highest BCUT2D eigenvalue weighted by Crippen LogP contribution is 2.38. The zero-order chi connectivity index (χ0) is 11.9. The molecule has 18 heavy (non-hydrogen) atoms. The summed E-state index contributed by atoms with van der Waals surface area (Å²) in [5.74, 6) is 1.46. The van der Waals surface area contributed by atoms with Gasteiger partial charge in [-0.05, 0) is 56.1 Å². The number of fused-ring (bicyclic) bond motifs is 4. The molecule has 2 bridgehead atoms. The second-order valence-corrected chi connectivity index (χ2v) is 5.53. The van der Waals surface area contributed by atoms with Crippen molar-refractivity contribution in [3.63, 3.8) is 0 Å². The molecule has 5 heterocycles. The summed E-state index contributed by atoms with van der Waals surface area (Å²) < 4.78 is 0. The molecule has 0 saturated carbocycles. The summed E-state index contributed by atoms with van der Waals surface area (Å²) in [5, 5.41) is 1.14. The fourth-order valence-corrected chi connectivity index (χ4v) is 3.47. The maximum atomic E-state index is 4.78. The largest absolute Gasteiger partial charge is 0.303 e. The zero-order valence-corrected chi connectivity index (χ0v) is 10.4. The molecule has 3 saturated heterocycles. The van der Waals surface area contributed by atoms with Crippen LogP contribution in [0.1, 0.15) is 24.5 Å². The van der Waals surface area contributed by atoms with Crippen LogP contribution in [-0.4, -0.2) is 34.5 Å². The summed E-state index contributed by atoms with van der Waals surface area (Å²) in [6.07, 6.45) is 4.51. The Morgan fingerprint density at radius 2 is 2.00 bits per heavy atom. The fraction of sp³-hybridized carbons (Fsp3) is 0.467. The van der Waals surface area contributed by atoms with E-state index < -0.39 is 0 Å². The number of pyridine rings is 2. The monoisotopic (exact) mass is 239 g/mol. The van der Waals surface area contributed by atoms with E-state index in [1.807, 2.05) is 12.3 Å². The first-order chi connectivity index (χ1) is 8.90. The van der Waals surface area contributed by atoms with Crippen molar-refractivity contribution in [2.45, 2.75) is 18.8 Å². The molecule has 1 atom stereocenters. The van der Waals surface area contributed by atoms with E-state index in [2.05, 4.69) is 28.1 Å². The molecular formula is C15H17N3. The number of hydrogen-bond acceptors (Lipinski definition) is 3. The third-order valence-corrected chi connectivity index (χ3v) is 4.52. The van der Waals surface area contributed by atoms with Crippen molar-refractivity contribution in [2.24, 2.45) is 5.92 Å². The van der Waals surface area contributed by atoms with Crippen molar-refractivity contribution in [2.75, 3.05) is 19.6 Å². The van der Waals surface area contributed by atoms with Crippen LogP contribution in [0.25, 0.3) is 11.0 Å². The van der Waals surface area contributed by atoms with Gasteiger partial charge in [-0.25, -0.2) is 9.97 Å². The van der Waals surface area contributed by atoms with Crippen LogP contribution in [0.3, 0.4) is 0 Å². The lowest BCUT2D eigenvalue weighted by Crippen LogP contribution is -2.46. The second-order valence-electron chi connectivity index (χ2n) is 5.53. The molecular weight excluding hydrogens is 222 g/mol. The van der Waals surface area contributed by atoms with Gasteiger partial charge in [0.2, 0.25) is 0 Å². The predicted octanol–water partition coefficient (Wildman–Crippen LogP) is 2.44. The Kier molecular flexibility index (Phi) is 2.33. The van der Waals surface area contributed by atoms with Crippen molar-refractivity contribution in [1.29, 1.82) is 0 Å². The third kappa shape index (κ3) is 1.62. The first-order valence-corrected chi connectivity index (χ1v) is 6.84. The number of nitrogens with zero attached hydrogens (tertiary/aromatic N) is 3. The average molecular weight is 239 g/mol. The summed E-state index contributed by atoms with van der Waals surface area (Å²) in [6, 6.07) is 8.42. The van der Waals surface area contributed by atoms with E-state index in [1.165, 1.54) is 38.2 Å². The van der Waals surface area contributed by atoms with Gasteiger partial charge in [0, 0.05) is 29.7 Å². The van der Waals surface area contributed by atoms with Crippen LogP contribution in [0, 0.1) is 5.92 Å². The van der Waals surface area contributed by atoms with Crippen molar-refractivity contribution in [3.8, 4) is 0 Å². The highest BCUT2D eigenvalue weighted by Gasteiger charge is 2.35. The fourth-order valence-electron chi connectivity index (χ4n) is 3.47. The Bertz CT molecular complexity index is 573. The molecule has 1 unspecified atom stereocenters. The molecule has 3 aliphatic rings. The van der Waals surface area contributed by atoms with E-state index in [0.29, 0.717) is 5.92 Å². The lowest BCUT2D eigenvalue weighted by atomic mass is 9.77. The molecule has 3 heteroatoms. The van der Waals surface area contributed by atoms with Crippen LogP contribution in [0.4, 0.5) is 0 Å². The van der Waals surface area contributed by atoms with E-state index in [1.54, 1.807) is 0 Å². The average Bonchev–Trinajstić information content (AvgIpc) is 2.48. The molecule has 0 spiro atoms. The van der Waals surface area contributed by atoms with Gasteiger partial charge in [-0.1, -0.05) is 0 Å². The molecule has 0 aliphatic carbocycles. The van der Waals surface area contributed by atoms with Gasteiger partial charge in [-0.2, -0.15) is 0 Å². The van der Waals surface area contributed by atoms with Crippen LogP contribution in [0.2, 0.25) is 0 Å². The number of piperidine rings is 3. The Morgan fingerprint density at radius 1 is 1.11 bits per heavy atom. The Morgan fingerprint density at radius 3 is 2.78 bits per heavy atom. The van der Waals surface area contributed by atoms with E-state index in [4.69, 9.17) is 4.98 Å². The van der Waals surface area contributed by atoms with Gasteiger partial charge in [0.25, 0.3) is 0 Å². The zero-order valence-electron chi connectivity index (χ0n) is 10.4. The first-order valence-electron chi connectivity index (χ1n) is 6.84. The normalized spacial score (nSPS) is 30.8. The Labute approximate surface area is 107 Å². The maximum absolute atomic E-state index is 4.78. The molecule has 0 N–H and O–H groups in total. The van der Waals surface area contributed by atoms with Gasteiger partial charge in [0.1, 0.15) is 0 Å². The van der Waals surface area contributed by atoms with Gasteiger partial charge in [0.15, 0.2) is 5.65 Å². The molecule has 0 radical (unpaired) electrons. The number of rotatable bonds is 1. The maximum Gasteiger partial charge on any atom is 0.159 e. The van der Waals surface area contributed by atoms with E-state index in [-0.39, 0.29) is 0 Å². The van der Waals surface area contributed by atoms with Crippen molar-refractivity contribution < 1.29 is 0 Å². The van der Waals surface area contributed by atoms with Crippen molar-refractivity contribution >= 4 is 11.0 Å². The number of aromatic nitrogens is 2. The minimum absolute atomic E-state index is 0.624. The standard InChI is InChI=1S/C15H17N3/c1-2-12-3-4-14(17-15(12)16-7-1)13-10-18-8-5-11(13)6-9-18/h1-4,7,11,13H,5-6,8-10H2. The Balaban J connectivity index is 1.74.